The summed E-state index contributed by atoms with van der Waals surface area (Å²) in [5.41, 5.74) is 0.709. The number of anilines is 1. The smallest absolute Gasteiger partial charge is 0.357 e. The second-order valence-corrected chi connectivity index (χ2v) is 7.29. The molecule has 11 heteroatoms. The van der Waals surface area contributed by atoms with Gasteiger partial charge in [-0.15, -0.1) is 11.3 Å². The van der Waals surface area contributed by atoms with E-state index < -0.39 is 29.9 Å². The Balaban J connectivity index is 1.58. The Morgan fingerprint density at radius 3 is 2.83 bits per heavy atom. The minimum atomic E-state index is -0.991. The summed E-state index contributed by atoms with van der Waals surface area (Å²) < 4.78 is 4.83. The average molecular weight is 437 g/mol. The van der Waals surface area contributed by atoms with Gasteiger partial charge in [-0.3, -0.25) is 14.5 Å². The summed E-state index contributed by atoms with van der Waals surface area (Å²) in [7, 11) is 0. The first-order chi connectivity index (χ1) is 13.9. The number of esters is 1. The largest absolute Gasteiger partial charge is 0.461 e. The van der Waals surface area contributed by atoms with Crippen molar-refractivity contribution in [2.24, 2.45) is 0 Å². The molecule has 2 aromatic rings. The fourth-order valence-electron chi connectivity index (χ4n) is 2.65. The van der Waals surface area contributed by atoms with E-state index in [4.69, 9.17) is 16.3 Å². The minimum absolute atomic E-state index is 0.0117. The van der Waals surface area contributed by atoms with Crippen LogP contribution in [0.15, 0.2) is 29.6 Å². The van der Waals surface area contributed by atoms with Gasteiger partial charge in [0.25, 0.3) is 5.91 Å². The van der Waals surface area contributed by atoms with E-state index in [1.54, 1.807) is 31.2 Å². The Labute approximate surface area is 175 Å². The van der Waals surface area contributed by atoms with Gasteiger partial charge in [0.05, 0.1) is 19.6 Å². The van der Waals surface area contributed by atoms with Crippen molar-refractivity contribution in [3.63, 3.8) is 0 Å². The van der Waals surface area contributed by atoms with Gasteiger partial charge in [0.2, 0.25) is 5.91 Å². The van der Waals surface area contributed by atoms with Gasteiger partial charge in [-0.1, -0.05) is 29.8 Å². The van der Waals surface area contributed by atoms with E-state index in [1.807, 2.05) is 0 Å². The predicted molar refractivity (Wildman–Crippen MR) is 106 cm³/mol. The molecule has 0 saturated carbocycles. The molecule has 2 N–H and O–H groups in total. The topological polar surface area (TPSA) is 118 Å². The maximum atomic E-state index is 12.5. The van der Waals surface area contributed by atoms with Gasteiger partial charge in [-0.25, -0.2) is 14.6 Å². The van der Waals surface area contributed by atoms with Gasteiger partial charge in [0, 0.05) is 10.4 Å². The van der Waals surface area contributed by atoms with Crippen LogP contribution in [-0.4, -0.2) is 46.3 Å². The zero-order chi connectivity index (χ0) is 21.0. The summed E-state index contributed by atoms with van der Waals surface area (Å²) in [5.74, 6) is -1.62. The van der Waals surface area contributed by atoms with E-state index in [9.17, 15) is 19.2 Å². The molecule has 1 aliphatic heterocycles. The van der Waals surface area contributed by atoms with Crippen LogP contribution < -0.4 is 10.6 Å². The highest BCUT2D eigenvalue weighted by atomic mass is 35.5. The number of hydrogen-bond acceptors (Lipinski definition) is 7. The van der Waals surface area contributed by atoms with Gasteiger partial charge in [-0.2, -0.15) is 0 Å². The van der Waals surface area contributed by atoms with Crippen molar-refractivity contribution in [2.75, 3.05) is 11.9 Å². The van der Waals surface area contributed by atoms with E-state index in [0.29, 0.717) is 10.6 Å². The first-order valence-electron chi connectivity index (χ1n) is 8.66. The number of ether oxygens (including phenoxy) is 1. The molecule has 0 bridgehead atoms. The Hall–Kier alpha value is -2.98. The summed E-state index contributed by atoms with van der Waals surface area (Å²) in [6, 6.07) is 5.30. The average Bonchev–Trinajstić information content (AvgIpc) is 3.24. The highest BCUT2D eigenvalue weighted by molar-refractivity contribution is 7.14. The monoisotopic (exact) mass is 436 g/mol. The van der Waals surface area contributed by atoms with Crippen LogP contribution in [0.1, 0.15) is 29.4 Å². The molecule has 0 unspecified atom stereocenters. The molecule has 29 heavy (non-hydrogen) atoms. The summed E-state index contributed by atoms with van der Waals surface area (Å²) in [6.45, 7) is 1.90. The van der Waals surface area contributed by atoms with Crippen LogP contribution in [0.5, 0.6) is 0 Å². The molecule has 0 aliphatic carbocycles. The molecule has 1 aromatic carbocycles. The SMILES string of the molecule is CCOC(=O)c1csc(NC(=O)C[C@H]2NC(=O)N(Cc3ccccc3Cl)C2=O)n1. The number of carbonyl (C=O) groups is 4. The van der Waals surface area contributed by atoms with Crippen molar-refractivity contribution >= 4 is 51.9 Å². The molecular weight excluding hydrogens is 420 g/mol. The molecule has 1 atom stereocenters. The summed E-state index contributed by atoms with van der Waals surface area (Å²) in [6.07, 6.45) is -0.266. The fourth-order valence-corrected chi connectivity index (χ4v) is 3.54. The fraction of sp³-hybridized carbons (Fsp3) is 0.278. The molecule has 3 rings (SSSR count). The van der Waals surface area contributed by atoms with Crippen molar-refractivity contribution in [1.29, 1.82) is 0 Å². The van der Waals surface area contributed by atoms with Crippen LogP contribution in [0, 0.1) is 0 Å². The molecule has 4 amide bonds. The quantitative estimate of drug-likeness (QED) is 0.508. The Kier molecular flexibility index (Phi) is 6.45. The molecule has 1 fully saturated rings. The molecule has 1 aliphatic rings. The number of aromatic nitrogens is 1. The Morgan fingerprint density at radius 1 is 1.34 bits per heavy atom. The number of rotatable bonds is 7. The van der Waals surface area contributed by atoms with Crippen LogP contribution in [0.25, 0.3) is 0 Å². The molecule has 1 aromatic heterocycles. The molecule has 0 radical (unpaired) electrons. The zero-order valence-electron chi connectivity index (χ0n) is 15.3. The molecule has 0 spiro atoms. The van der Waals surface area contributed by atoms with Gasteiger partial charge in [0.15, 0.2) is 10.8 Å². The molecule has 152 valence electrons. The van der Waals surface area contributed by atoms with Crippen molar-refractivity contribution < 1.29 is 23.9 Å². The number of nitrogens with zero attached hydrogens (tertiary/aromatic N) is 2. The lowest BCUT2D eigenvalue weighted by molar-refractivity contribution is -0.130. The standard InChI is InChI=1S/C18H17ClN4O5S/c1-2-28-16(26)13-9-29-17(20-13)22-14(24)7-12-15(25)23(18(27)21-12)8-10-5-3-4-6-11(10)19/h3-6,9,12H,2,7-8H2,1H3,(H,21,27)(H,20,22,24)/t12-/m1/s1. The van der Waals surface area contributed by atoms with Crippen molar-refractivity contribution in [3.05, 3.63) is 45.9 Å². The van der Waals surface area contributed by atoms with Crippen LogP contribution in [-0.2, 0) is 20.9 Å². The highest BCUT2D eigenvalue weighted by Gasteiger charge is 2.39. The first kappa shape index (κ1) is 20.7. The summed E-state index contributed by atoms with van der Waals surface area (Å²) in [4.78, 5) is 53.5. The third-order valence-electron chi connectivity index (χ3n) is 4.02. The maximum absolute atomic E-state index is 12.5. The summed E-state index contributed by atoms with van der Waals surface area (Å²) in [5, 5.41) is 7.10. The lowest BCUT2D eigenvalue weighted by Gasteiger charge is -2.14. The molecule has 9 nitrogen and oxygen atoms in total. The lowest BCUT2D eigenvalue weighted by Crippen LogP contribution is -2.34. The zero-order valence-corrected chi connectivity index (χ0v) is 16.9. The lowest BCUT2D eigenvalue weighted by atomic mass is 10.1. The molecule has 1 saturated heterocycles. The van der Waals surface area contributed by atoms with Crippen LogP contribution in [0.2, 0.25) is 5.02 Å². The van der Waals surface area contributed by atoms with Crippen molar-refractivity contribution in [2.45, 2.75) is 25.9 Å². The van der Waals surface area contributed by atoms with E-state index >= 15 is 0 Å². The Morgan fingerprint density at radius 2 is 2.10 bits per heavy atom. The second-order valence-electron chi connectivity index (χ2n) is 6.03. The Bertz CT molecular complexity index is 963. The number of urea groups is 1. The van der Waals surface area contributed by atoms with E-state index in [1.165, 1.54) is 5.38 Å². The number of benzene rings is 1. The van der Waals surface area contributed by atoms with Crippen LogP contribution in [0.4, 0.5) is 9.93 Å². The highest BCUT2D eigenvalue weighted by Crippen LogP contribution is 2.21. The number of nitrogens with one attached hydrogen (secondary N) is 2. The normalized spacial score (nSPS) is 15.9. The van der Waals surface area contributed by atoms with Gasteiger partial charge in [0.1, 0.15) is 6.04 Å². The van der Waals surface area contributed by atoms with Crippen LogP contribution >= 0.6 is 22.9 Å². The number of hydrogen-bond donors (Lipinski definition) is 2. The van der Waals surface area contributed by atoms with E-state index in [2.05, 4.69) is 15.6 Å². The van der Waals surface area contributed by atoms with Crippen LogP contribution in [0.3, 0.4) is 0 Å². The van der Waals surface area contributed by atoms with E-state index in [-0.39, 0.29) is 30.4 Å². The maximum Gasteiger partial charge on any atom is 0.357 e. The second kappa shape index (κ2) is 9.01. The molecule has 2 heterocycles. The third-order valence-corrected chi connectivity index (χ3v) is 5.14. The first-order valence-corrected chi connectivity index (χ1v) is 9.92. The van der Waals surface area contributed by atoms with Gasteiger partial charge >= 0.3 is 12.0 Å². The number of amides is 4. The minimum Gasteiger partial charge on any atom is -0.461 e. The molecular formula is C18H17ClN4O5S. The number of imide groups is 1. The van der Waals surface area contributed by atoms with Gasteiger partial charge < -0.3 is 15.4 Å². The summed E-state index contributed by atoms with van der Waals surface area (Å²) >= 11 is 7.13. The number of carbonyl (C=O) groups excluding carboxylic acids is 4. The predicted octanol–water partition coefficient (Wildman–Crippen LogP) is 2.42. The third kappa shape index (κ3) is 4.90. The van der Waals surface area contributed by atoms with Gasteiger partial charge in [-0.05, 0) is 18.6 Å². The van der Waals surface area contributed by atoms with E-state index in [0.717, 1.165) is 16.2 Å². The van der Waals surface area contributed by atoms with Crippen molar-refractivity contribution in [3.8, 4) is 0 Å². The number of thiazole rings is 1. The number of halogens is 1. The van der Waals surface area contributed by atoms with Crippen molar-refractivity contribution in [1.82, 2.24) is 15.2 Å².